The first-order valence-corrected chi connectivity index (χ1v) is 4.29. The molecule has 0 amide bonds. The van der Waals surface area contributed by atoms with E-state index in [0.29, 0.717) is 6.42 Å². The molecule has 0 spiro atoms. The molecule has 0 rings (SSSR count). The van der Waals surface area contributed by atoms with Crippen LogP contribution in [0.3, 0.4) is 0 Å². The molecule has 0 aromatic rings. The number of carboxylic acids is 1. The normalized spacial score (nSPS) is 11.6. The Hall–Kier alpha value is -0.990. The summed E-state index contributed by atoms with van der Waals surface area (Å²) in [6, 6.07) is 0. The zero-order chi connectivity index (χ0) is 9.40. The van der Waals surface area contributed by atoms with Gasteiger partial charge in [-0.3, -0.25) is 0 Å². The van der Waals surface area contributed by atoms with E-state index in [-0.39, 0.29) is 0 Å². The first kappa shape index (κ1) is 11.0. The second kappa shape index (κ2) is 6.70. The Morgan fingerprint density at radius 3 is 2.58 bits per heavy atom. The molecule has 0 saturated heterocycles. The minimum absolute atomic E-state index is 0.588. The number of aliphatic carboxylic acids is 1. The average molecular weight is 171 g/mol. The van der Waals surface area contributed by atoms with Crippen molar-refractivity contribution in [3.8, 4) is 0 Å². The van der Waals surface area contributed by atoms with Crippen molar-refractivity contribution in [2.45, 2.75) is 39.0 Å². The second-order valence-corrected chi connectivity index (χ2v) is 2.72. The number of hydrogen-bond donors (Lipinski definition) is 1. The van der Waals surface area contributed by atoms with Crippen LogP contribution in [0.15, 0.2) is 11.8 Å². The molecule has 0 aromatic carbocycles. The third-order valence-electron chi connectivity index (χ3n) is 1.60. The van der Waals surface area contributed by atoms with Gasteiger partial charge < -0.3 is 10.2 Å². The number of carboxylic acid groups (broad SMARTS) is 1. The summed E-state index contributed by atoms with van der Waals surface area (Å²) in [4.78, 5) is 10.0. The van der Waals surface area contributed by atoms with E-state index < -0.39 is 11.7 Å². The van der Waals surface area contributed by atoms with E-state index >= 15 is 0 Å². The monoisotopic (exact) mass is 171 g/mol. The Labute approximate surface area is 72.7 Å². The zero-order valence-electron chi connectivity index (χ0n) is 7.38. The maximum absolute atomic E-state index is 10.5. The molecule has 0 saturated carbocycles. The number of rotatable bonds is 6. The number of carbonyl (C=O) groups is 1. The zero-order valence-corrected chi connectivity index (χ0v) is 7.38. The van der Waals surface area contributed by atoms with E-state index in [1.54, 1.807) is 0 Å². The minimum Gasteiger partial charge on any atom is -0.868 e. The summed E-state index contributed by atoms with van der Waals surface area (Å²) >= 11 is 0. The lowest BCUT2D eigenvalue weighted by atomic mass is 10.1. The van der Waals surface area contributed by atoms with Gasteiger partial charge in [-0.15, -0.1) is 0 Å². The molecule has 3 heteroatoms. The summed E-state index contributed by atoms with van der Waals surface area (Å²) < 4.78 is 0. The lowest BCUT2D eigenvalue weighted by Gasteiger charge is -2.04. The third kappa shape index (κ3) is 5.77. The highest BCUT2D eigenvalue weighted by molar-refractivity contribution is 5.82. The Balaban J connectivity index is 3.40. The van der Waals surface area contributed by atoms with E-state index in [0.717, 1.165) is 25.7 Å². The van der Waals surface area contributed by atoms with E-state index in [2.05, 4.69) is 6.92 Å². The average Bonchev–Trinajstić information content (AvgIpc) is 2.03. The molecule has 0 aromatic heterocycles. The molecule has 0 atom stereocenters. The van der Waals surface area contributed by atoms with Gasteiger partial charge in [-0.05, 0) is 18.6 Å². The van der Waals surface area contributed by atoms with Crippen molar-refractivity contribution in [1.29, 1.82) is 0 Å². The van der Waals surface area contributed by atoms with Crippen molar-refractivity contribution in [3.63, 3.8) is 0 Å². The van der Waals surface area contributed by atoms with Crippen molar-refractivity contribution >= 4 is 5.97 Å². The summed E-state index contributed by atoms with van der Waals surface area (Å²) in [6.07, 6.45) is 6.11. The molecular formula is C9H15O3-. The van der Waals surface area contributed by atoms with E-state index in [1.807, 2.05) is 0 Å². The quantitative estimate of drug-likeness (QED) is 0.372. The fourth-order valence-corrected chi connectivity index (χ4v) is 0.892. The van der Waals surface area contributed by atoms with Crippen LogP contribution >= 0.6 is 0 Å². The van der Waals surface area contributed by atoms with Gasteiger partial charge in [0.1, 0.15) is 0 Å². The van der Waals surface area contributed by atoms with Crippen molar-refractivity contribution in [2.24, 2.45) is 0 Å². The van der Waals surface area contributed by atoms with Crippen LogP contribution in [0.1, 0.15) is 39.0 Å². The van der Waals surface area contributed by atoms with Crippen LogP contribution < -0.4 is 5.11 Å². The van der Waals surface area contributed by atoms with Crippen LogP contribution in [-0.2, 0) is 4.79 Å². The van der Waals surface area contributed by atoms with Crippen LogP contribution in [0.25, 0.3) is 0 Å². The van der Waals surface area contributed by atoms with Crippen LogP contribution in [0.4, 0.5) is 0 Å². The first-order valence-electron chi connectivity index (χ1n) is 4.29. The molecule has 3 nitrogen and oxygen atoms in total. The highest BCUT2D eigenvalue weighted by Crippen LogP contribution is 2.03. The van der Waals surface area contributed by atoms with Gasteiger partial charge in [0.2, 0.25) is 0 Å². The van der Waals surface area contributed by atoms with Gasteiger partial charge in [-0.1, -0.05) is 32.3 Å². The van der Waals surface area contributed by atoms with Crippen molar-refractivity contribution in [1.82, 2.24) is 0 Å². The van der Waals surface area contributed by atoms with Gasteiger partial charge in [-0.2, -0.15) is 0 Å². The molecule has 0 aliphatic rings. The Bertz CT molecular complexity index is 161. The molecule has 0 bridgehead atoms. The van der Waals surface area contributed by atoms with Crippen molar-refractivity contribution in [2.75, 3.05) is 0 Å². The molecule has 0 aliphatic carbocycles. The first-order chi connectivity index (χ1) is 5.68. The largest absolute Gasteiger partial charge is 0.868 e. The molecule has 0 unspecified atom stereocenters. The fourth-order valence-electron chi connectivity index (χ4n) is 0.892. The van der Waals surface area contributed by atoms with Crippen LogP contribution in [0, 0.1) is 0 Å². The number of hydrogen-bond acceptors (Lipinski definition) is 2. The molecule has 0 fully saturated rings. The van der Waals surface area contributed by atoms with Crippen LogP contribution in [-0.4, -0.2) is 11.1 Å². The van der Waals surface area contributed by atoms with E-state index in [9.17, 15) is 9.90 Å². The molecular weight excluding hydrogens is 156 g/mol. The van der Waals surface area contributed by atoms with Gasteiger partial charge in [0, 0.05) is 0 Å². The van der Waals surface area contributed by atoms with Crippen molar-refractivity contribution in [3.05, 3.63) is 11.8 Å². The lowest BCUT2D eigenvalue weighted by molar-refractivity contribution is -0.303. The summed E-state index contributed by atoms with van der Waals surface area (Å²) in [7, 11) is 0. The van der Waals surface area contributed by atoms with E-state index in [4.69, 9.17) is 5.11 Å². The molecule has 0 aliphatic heterocycles. The van der Waals surface area contributed by atoms with Gasteiger partial charge in [-0.25, -0.2) is 4.79 Å². The Morgan fingerprint density at radius 2 is 2.08 bits per heavy atom. The number of unbranched alkanes of at least 4 members (excludes halogenated alkanes) is 4. The van der Waals surface area contributed by atoms with Gasteiger partial charge in [0.05, 0.1) is 0 Å². The van der Waals surface area contributed by atoms with Crippen LogP contribution in [0.2, 0.25) is 0 Å². The van der Waals surface area contributed by atoms with E-state index in [1.165, 1.54) is 6.08 Å². The number of allylic oxidation sites excluding steroid dienone is 1. The molecule has 1 N–H and O–H groups in total. The minimum atomic E-state index is -1.36. The maximum Gasteiger partial charge on any atom is 0.320 e. The summed E-state index contributed by atoms with van der Waals surface area (Å²) in [5, 5.41) is 18.7. The summed E-state index contributed by atoms with van der Waals surface area (Å²) in [5.74, 6) is -2.14. The topological polar surface area (TPSA) is 60.4 Å². The Kier molecular flexibility index (Phi) is 6.15. The summed E-state index contributed by atoms with van der Waals surface area (Å²) in [5.41, 5.74) is 0. The smallest absolute Gasteiger partial charge is 0.320 e. The molecule has 70 valence electrons. The lowest BCUT2D eigenvalue weighted by Crippen LogP contribution is -2.13. The Morgan fingerprint density at radius 1 is 1.42 bits per heavy atom. The van der Waals surface area contributed by atoms with Gasteiger partial charge in [0.15, 0.2) is 0 Å². The molecule has 12 heavy (non-hydrogen) atoms. The van der Waals surface area contributed by atoms with Gasteiger partial charge in [0.25, 0.3) is 0 Å². The highest BCUT2D eigenvalue weighted by Gasteiger charge is 1.91. The fraction of sp³-hybridized carbons (Fsp3) is 0.667. The van der Waals surface area contributed by atoms with Crippen LogP contribution in [0.5, 0.6) is 0 Å². The molecule has 0 heterocycles. The second-order valence-electron chi connectivity index (χ2n) is 2.72. The SMILES string of the molecule is CCCCCC/C=C(\[O-])C(=O)O. The highest BCUT2D eigenvalue weighted by atomic mass is 16.4. The predicted molar refractivity (Wildman–Crippen MR) is 44.5 cm³/mol. The van der Waals surface area contributed by atoms with Gasteiger partial charge >= 0.3 is 5.97 Å². The molecule has 0 radical (unpaired) electrons. The standard InChI is InChI=1S/C9H16O3/c1-2-3-4-5-6-7-8(10)9(11)12/h7,10H,2-6H2,1H3,(H,11,12)/p-1/b8-7-. The predicted octanol–water partition coefficient (Wildman–Crippen LogP) is 1.29. The summed E-state index contributed by atoms with van der Waals surface area (Å²) in [6.45, 7) is 2.10. The maximum atomic E-state index is 10.5. The van der Waals surface area contributed by atoms with Crippen molar-refractivity contribution < 1.29 is 15.0 Å². The third-order valence-corrected chi connectivity index (χ3v) is 1.60.